The summed E-state index contributed by atoms with van der Waals surface area (Å²) in [6.07, 6.45) is 3.09. The van der Waals surface area contributed by atoms with Crippen LogP contribution in [0, 0.1) is 12.3 Å². The Balaban J connectivity index is 2.23. The first-order valence-corrected chi connectivity index (χ1v) is 10.3. The number of esters is 1. The highest BCUT2D eigenvalue weighted by Gasteiger charge is 2.41. The van der Waals surface area contributed by atoms with E-state index in [-0.39, 0.29) is 11.4 Å². The summed E-state index contributed by atoms with van der Waals surface area (Å²) < 4.78 is 33.1. The highest BCUT2D eigenvalue weighted by atomic mass is 32.2. The molecular formula is C22H23NO4S. The molecule has 5 nitrogen and oxygen atoms in total. The van der Waals surface area contributed by atoms with Gasteiger partial charge in [0.25, 0.3) is 10.0 Å². The van der Waals surface area contributed by atoms with E-state index in [1.54, 1.807) is 42.5 Å². The van der Waals surface area contributed by atoms with Crippen LogP contribution in [0.3, 0.4) is 0 Å². The molecule has 0 aromatic heterocycles. The van der Waals surface area contributed by atoms with Crippen molar-refractivity contribution in [2.45, 2.75) is 18.7 Å². The zero-order chi connectivity index (χ0) is 20.5. The summed E-state index contributed by atoms with van der Waals surface area (Å²) in [5.74, 6) is -0.493. The largest absolute Gasteiger partial charge is 0.466 e. The van der Waals surface area contributed by atoms with Crippen LogP contribution in [-0.2, 0) is 19.6 Å². The molecule has 0 unspecified atom stereocenters. The van der Waals surface area contributed by atoms with Crippen LogP contribution in [0.2, 0.25) is 0 Å². The zero-order valence-electron chi connectivity index (χ0n) is 16.2. The number of aryl methyl sites for hydroxylation is 1. The Bertz CT molecular complexity index is 1050. The van der Waals surface area contributed by atoms with Crippen LogP contribution in [0.1, 0.15) is 18.1 Å². The molecule has 0 radical (unpaired) electrons. The second-order valence-electron chi connectivity index (χ2n) is 7.04. The van der Waals surface area contributed by atoms with Crippen LogP contribution < -0.4 is 4.31 Å². The highest BCUT2D eigenvalue weighted by molar-refractivity contribution is 7.92. The molecule has 0 saturated carbocycles. The van der Waals surface area contributed by atoms with E-state index in [1.165, 1.54) is 17.5 Å². The number of sulfonamides is 1. The smallest absolute Gasteiger partial charge is 0.330 e. The second kappa shape index (κ2) is 7.28. The van der Waals surface area contributed by atoms with Gasteiger partial charge in [-0.3, -0.25) is 4.31 Å². The van der Waals surface area contributed by atoms with Gasteiger partial charge in [-0.2, -0.15) is 0 Å². The quantitative estimate of drug-likeness (QED) is 0.445. The summed E-state index contributed by atoms with van der Waals surface area (Å²) in [6, 6.07) is 13.9. The van der Waals surface area contributed by atoms with Gasteiger partial charge in [-0.05, 0) is 30.7 Å². The molecule has 6 heteroatoms. The second-order valence-corrected chi connectivity index (χ2v) is 8.91. The monoisotopic (exact) mass is 397 g/mol. The standard InChI is InChI=1S/C22H23NO4S/c1-5-22(3)15-23(28(25,26)17-12-10-16(2)11-13-17)20-9-7-6-8-18(20)19(22)14-21(24)27-4/h5-14H,1,15H2,2-4H3/b19-14+/t22-/m0/s1. The lowest BCUT2D eigenvalue weighted by molar-refractivity contribution is -0.134. The third-order valence-corrected chi connectivity index (χ3v) is 6.85. The van der Waals surface area contributed by atoms with Crippen molar-refractivity contribution in [3.63, 3.8) is 0 Å². The normalized spacial score (nSPS) is 20.5. The SMILES string of the molecule is C=C[C@@]1(C)CN(S(=O)(=O)c2ccc(C)cc2)c2ccccc2/C1=C\C(=O)OC. The number of carbonyl (C=O) groups is 1. The third-order valence-electron chi connectivity index (χ3n) is 5.07. The van der Waals surface area contributed by atoms with E-state index in [9.17, 15) is 13.2 Å². The van der Waals surface area contributed by atoms with Crippen LogP contribution >= 0.6 is 0 Å². The maximum Gasteiger partial charge on any atom is 0.330 e. The Hall–Kier alpha value is -2.86. The van der Waals surface area contributed by atoms with Gasteiger partial charge in [0.15, 0.2) is 0 Å². The number of hydrogen-bond donors (Lipinski definition) is 0. The van der Waals surface area contributed by atoms with Crippen molar-refractivity contribution >= 4 is 27.3 Å². The highest BCUT2D eigenvalue weighted by Crippen LogP contribution is 2.47. The molecule has 0 amide bonds. The van der Waals surface area contributed by atoms with Crippen LogP contribution in [0.25, 0.3) is 5.57 Å². The average Bonchev–Trinajstić information content (AvgIpc) is 2.70. The number of carbonyl (C=O) groups excluding carboxylic acids is 1. The molecule has 0 bridgehead atoms. The summed E-state index contributed by atoms with van der Waals surface area (Å²) in [7, 11) is -2.48. The molecule has 1 aliphatic heterocycles. The lowest BCUT2D eigenvalue weighted by atomic mass is 9.75. The molecule has 3 rings (SSSR count). The van der Waals surface area contributed by atoms with Crippen molar-refractivity contribution in [2.24, 2.45) is 5.41 Å². The number of anilines is 1. The van der Waals surface area contributed by atoms with Crippen LogP contribution in [0.15, 0.2) is 72.2 Å². The van der Waals surface area contributed by atoms with Crippen molar-refractivity contribution in [3.8, 4) is 0 Å². The molecule has 2 aromatic carbocycles. The summed E-state index contributed by atoms with van der Waals surface area (Å²) >= 11 is 0. The third kappa shape index (κ3) is 3.36. The molecule has 0 fully saturated rings. The van der Waals surface area contributed by atoms with Crippen LogP contribution in [0.5, 0.6) is 0 Å². The van der Waals surface area contributed by atoms with Gasteiger partial charge >= 0.3 is 5.97 Å². The number of ether oxygens (including phenoxy) is 1. The maximum atomic E-state index is 13.4. The molecule has 0 N–H and O–H groups in total. The van der Waals surface area contributed by atoms with Gasteiger partial charge in [-0.15, -0.1) is 6.58 Å². The number of methoxy groups -OCH3 is 1. The number of fused-ring (bicyclic) bond motifs is 1. The minimum atomic E-state index is -3.79. The summed E-state index contributed by atoms with van der Waals surface area (Å²) in [5.41, 5.74) is 2.09. The molecule has 28 heavy (non-hydrogen) atoms. The van der Waals surface area contributed by atoms with Gasteiger partial charge < -0.3 is 4.74 Å². The zero-order valence-corrected chi connectivity index (χ0v) is 17.0. The van der Waals surface area contributed by atoms with E-state index < -0.39 is 21.4 Å². The van der Waals surface area contributed by atoms with Gasteiger partial charge in [-0.25, -0.2) is 13.2 Å². The molecule has 0 aliphatic carbocycles. The van der Waals surface area contributed by atoms with Gasteiger partial charge in [-0.1, -0.05) is 48.9 Å². The lowest BCUT2D eigenvalue weighted by Crippen LogP contribution is -2.44. The topological polar surface area (TPSA) is 63.7 Å². The van der Waals surface area contributed by atoms with Crippen molar-refractivity contribution in [1.29, 1.82) is 0 Å². The average molecular weight is 397 g/mol. The minimum absolute atomic E-state index is 0.131. The fourth-order valence-electron chi connectivity index (χ4n) is 3.34. The molecule has 146 valence electrons. The molecule has 1 heterocycles. The Morgan fingerprint density at radius 2 is 1.82 bits per heavy atom. The number of hydrogen-bond acceptors (Lipinski definition) is 4. The summed E-state index contributed by atoms with van der Waals surface area (Å²) in [4.78, 5) is 12.2. The van der Waals surface area contributed by atoms with E-state index in [2.05, 4.69) is 6.58 Å². The van der Waals surface area contributed by atoms with Crippen LogP contribution in [-0.4, -0.2) is 28.0 Å². The van der Waals surface area contributed by atoms with E-state index >= 15 is 0 Å². The van der Waals surface area contributed by atoms with E-state index in [1.807, 2.05) is 26.0 Å². The molecule has 1 aliphatic rings. The van der Waals surface area contributed by atoms with E-state index in [0.717, 1.165) is 5.56 Å². The van der Waals surface area contributed by atoms with Gasteiger partial charge in [0.05, 0.1) is 17.7 Å². The maximum absolute atomic E-state index is 13.4. The van der Waals surface area contributed by atoms with E-state index in [0.29, 0.717) is 16.8 Å². The van der Waals surface area contributed by atoms with Gasteiger partial charge in [0.2, 0.25) is 0 Å². The van der Waals surface area contributed by atoms with Gasteiger partial charge in [0.1, 0.15) is 0 Å². The van der Waals surface area contributed by atoms with Crippen molar-refractivity contribution in [3.05, 3.63) is 78.4 Å². The first kappa shape index (κ1) is 19.9. The lowest BCUT2D eigenvalue weighted by Gasteiger charge is -2.42. The van der Waals surface area contributed by atoms with Gasteiger partial charge in [0, 0.05) is 23.6 Å². The molecule has 0 spiro atoms. The number of benzene rings is 2. The Kier molecular flexibility index (Phi) is 5.17. The Labute approximate surface area is 166 Å². The molecule has 2 aromatic rings. The summed E-state index contributed by atoms with van der Waals surface area (Å²) in [5, 5.41) is 0. The van der Waals surface area contributed by atoms with Crippen molar-refractivity contribution < 1.29 is 17.9 Å². The first-order chi connectivity index (χ1) is 13.2. The minimum Gasteiger partial charge on any atom is -0.466 e. The van der Waals surface area contributed by atoms with Crippen molar-refractivity contribution in [1.82, 2.24) is 0 Å². The first-order valence-electron chi connectivity index (χ1n) is 8.85. The number of rotatable bonds is 4. The fourth-order valence-corrected chi connectivity index (χ4v) is 4.93. The fraction of sp³-hybridized carbons (Fsp3) is 0.227. The number of nitrogens with zero attached hydrogens (tertiary/aromatic N) is 1. The molecule has 1 atom stereocenters. The van der Waals surface area contributed by atoms with E-state index in [4.69, 9.17) is 4.74 Å². The number of para-hydroxylation sites is 1. The Morgan fingerprint density at radius 1 is 1.18 bits per heavy atom. The predicted octanol–water partition coefficient (Wildman–Crippen LogP) is 3.95. The van der Waals surface area contributed by atoms with Crippen LogP contribution in [0.4, 0.5) is 5.69 Å². The molecule has 0 saturated heterocycles. The predicted molar refractivity (Wildman–Crippen MR) is 110 cm³/mol. The summed E-state index contributed by atoms with van der Waals surface area (Å²) in [6.45, 7) is 7.80. The van der Waals surface area contributed by atoms with Crippen molar-refractivity contribution in [2.75, 3.05) is 18.0 Å². The molecular weight excluding hydrogens is 374 g/mol. The Morgan fingerprint density at radius 3 is 2.43 bits per heavy atom.